The number of pyridine rings is 1. The monoisotopic (exact) mass is 393 g/mol. The van der Waals surface area contributed by atoms with Gasteiger partial charge in [-0.3, -0.25) is 14.6 Å². The molecule has 2 N–H and O–H groups in total. The van der Waals surface area contributed by atoms with E-state index in [0.29, 0.717) is 30.1 Å². The number of carbonyl (C=O) groups is 2. The lowest BCUT2D eigenvalue weighted by Gasteiger charge is -2.08. The quantitative estimate of drug-likeness (QED) is 0.643. The van der Waals surface area contributed by atoms with Gasteiger partial charge in [0.15, 0.2) is 0 Å². The van der Waals surface area contributed by atoms with E-state index in [1.807, 2.05) is 54.6 Å². The van der Waals surface area contributed by atoms with Gasteiger partial charge in [0.2, 0.25) is 0 Å². The molecule has 0 radical (unpaired) electrons. The van der Waals surface area contributed by atoms with E-state index in [2.05, 4.69) is 15.6 Å². The van der Waals surface area contributed by atoms with Gasteiger partial charge in [0.25, 0.3) is 11.8 Å². The van der Waals surface area contributed by atoms with Crippen LogP contribution in [0.4, 0.5) is 0 Å². The molecule has 2 amide bonds. The molecule has 0 atom stereocenters. The summed E-state index contributed by atoms with van der Waals surface area (Å²) in [5, 5.41) is 6.34. The van der Waals surface area contributed by atoms with E-state index < -0.39 is 0 Å². The fraction of sp³-hybridized carbons (Fsp3) is 0.136. The molecule has 0 saturated carbocycles. The van der Waals surface area contributed by atoms with Crippen molar-refractivity contribution in [3.63, 3.8) is 0 Å². The third-order valence-corrected chi connectivity index (χ3v) is 4.42. The molecule has 3 aromatic rings. The van der Waals surface area contributed by atoms with Crippen LogP contribution >= 0.6 is 11.6 Å². The normalized spacial score (nSPS) is 10.3. The van der Waals surface area contributed by atoms with Crippen LogP contribution in [0.2, 0.25) is 5.02 Å². The maximum absolute atomic E-state index is 12.4. The molecule has 0 bridgehead atoms. The van der Waals surface area contributed by atoms with Crippen LogP contribution in [0.25, 0.3) is 0 Å². The molecule has 0 saturated heterocycles. The Morgan fingerprint density at radius 2 is 1.61 bits per heavy atom. The van der Waals surface area contributed by atoms with Gasteiger partial charge in [-0.2, -0.15) is 0 Å². The van der Waals surface area contributed by atoms with Gasteiger partial charge in [0.1, 0.15) is 5.69 Å². The van der Waals surface area contributed by atoms with Crippen molar-refractivity contribution in [3.05, 3.63) is 100 Å². The molecule has 1 heterocycles. The second-order valence-corrected chi connectivity index (χ2v) is 6.67. The third-order valence-electron chi connectivity index (χ3n) is 4.16. The van der Waals surface area contributed by atoms with Crippen molar-refractivity contribution >= 4 is 23.4 Å². The summed E-state index contributed by atoms with van der Waals surface area (Å²) in [6.07, 6.45) is 2.16. The largest absolute Gasteiger partial charge is 0.352 e. The number of benzene rings is 2. The molecule has 0 unspecified atom stereocenters. The fourth-order valence-corrected chi connectivity index (χ4v) is 2.76. The lowest BCUT2D eigenvalue weighted by atomic mass is 10.1. The highest BCUT2D eigenvalue weighted by atomic mass is 35.5. The minimum absolute atomic E-state index is 0.210. The second-order valence-electron chi connectivity index (χ2n) is 6.23. The van der Waals surface area contributed by atoms with Crippen LogP contribution < -0.4 is 10.6 Å². The molecule has 6 heteroatoms. The number of hydrogen-bond acceptors (Lipinski definition) is 3. The van der Waals surface area contributed by atoms with Crippen LogP contribution in [0.1, 0.15) is 32.0 Å². The number of nitrogens with zero attached hydrogens (tertiary/aromatic N) is 1. The lowest BCUT2D eigenvalue weighted by molar-refractivity contribution is 0.0946. The van der Waals surface area contributed by atoms with Crippen molar-refractivity contribution in [1.82, 2.24) is 15.6 Å². The Morgan fingerprint density at radius 3 is 2.36 bits per heavy atom. The Kier molecular flexibility index (Phi) is 6.76. The SMILES string of the molecule is O=C(NCCc1ccc(Cl)cc1)c1ccnc(C(=O)NCc2ccccc2)c1. The molecule has 0 spiro atoms. The maximum atomic E-state index is 12.4. The molecule has 28 heavy (non-hydrogen) atoms. The Hall–Kier alpha value is -3.18. The molecule has 0 aliphatic rings. The molecule has 0 fully saturated rings. The minimum atomic E-state index is -0.320. The molecular weight excluding hydrogens is 374 g/mol. The zero-order valence-electron chi connectivity index (χ0n) is 15.2. The van der Waals surface area contributed by atoms with Crippen molar-refractivity contribution < 1.29 is 9.59 Å². The first-order valence-corrected chi connectivity index (χ1v) is 9.30. The Balaban J connectivity index is 1.53. The fourth-order valence-electron chi connectivity index (χ4n) is 2.64. The first kappa shape index (κ1) is 19.6. The molecule has 5 nitrogen and oxygen atoms in total. The van der Waals surface area contributed by atoms with Gasteiger partial charge in [-0.25, -0.2) is 0 Å². The highest BCUT2D eigenvalue weighted by Gasteiger charge is 2.11. The minimum Gasteiger partial charge on any atom is -0.352 e. The number of nitrogens with one attached hydrogen (secondary N) is 2. The molecule has 1 aromatic heterocycles. The summed E-state index contributed by atoms with van der Waals surface area (Å²) in [7, 11) is 0. The van der Waals surface area contributed by atoms with Crippen LogP contribution in [0.3, 0.4) is 0 Å². The van der Waals surface area contributed by atoms with Crippen molar-refractivity contribution in [1.29, 1.82) is 0 Å². The number of aromatic nitrogens is 1. The average molecular weight is 394 g/mol. The second kappa shape index (κ2) is 9.67. The summed E-state index contributed by atoms with van der Waals surface area (Å²) >= 11 is 5.87. The zero-order chi connectivity index (χ0) is 19.8. The molecule has 142 valence electrons. The lowest BCUT2D eigenvalue weighted by Crippen LogP contribution is -2.27. The van der Waals surface area contributed by atoms with Gasteiger partial charge in [0.05, 0.1) is 0 Å². The predicted molar refractivity (Wildman–Crippen MR) is 109 cm³/mol. The highest BCUT2D eigenvalue weighted by Crippen LogP contribution is 2.10. The summed E-state index contributed by atoms with van der Waals surface area (Å²) < 4.78 is 0. The maximum Gasteiger partial charge on any atom is 0.270 e. The number of halogens is 1. The third kappa shape index (κ3) is 5.66. The first-order valence-electron chi connectivity index (χ1n) is 8.92. The predicted octanol–water partition coefficient (Wildman–Crippen LogP) is 3.64. The summed E-state index contributed by atoms with van der Waals surface area (Å²) in [6, 6.07) is 20.2. The van der Waals surface area contributed by atoms with Gasteiger partial charge in [-0.05, 0) is 41.8 Å². The molecule has 0 aliphatic carbocycles. The van der Waals surface area contributed by atoms with E-state index in [-0.39, 0.29) is 17.5 Å². The average Bonchev–Trinajstić information content (AvgIpc) is 2.74. The first-order chi connectivity index (χ1) is 13.6. The molecule has 0 aliphatic heterocycles. The molecule has 2 aromatic carbocycles. The molecule has 3 rings (SSSR count). The van der Waals surface area contributed by atoms with Gasteiger partial charge in [0, 0.05) is 29.9 Å². The number of carbonyl (C=O) groups excluding carboxylic acids is 2. The van der Waals surface area contributed by atoms with Crippen molar-refractivity contribution in [3.8, 4) is 0 Å². The van der Waals surface area contributed by atoms with Gasteiger partial charge in [-0.15, -0.1) is 0 Å². The molecular formula is C22H20ClN3O2. The van der Waals surface area contributed by atoms with E-state index in [1.54, 1.807) is 6.07 Å². The zero-order valence-corrected chi connectivity index (χ0v) is 15.9. The summed E-state index contributed by atoms with van der Waals surface area (Å²) in [5.41, 5.74) is 2.68. The highest BCUT2D eigenvalue weighted by molar-refractivity contribution is 6.30. The summed E-state index contributed by atoms with van der Waals surface area (Å²) in [5.74, 6) is -0.562. The topological polar surface area (TPSA) is 71.1 Å². The van der Waals surface area contributed by atoms with Crippen LogP contribution in [0.15, 0.2) is 72.9 Å². The van der Waals surface area contributed by atoms with Crippen LogP contribution in [-0.2, 0) is 13.0 Å². The Morgan fingerprint density at radius 1 is 0.857 bits per heavy atom. The van der Waals surface area contributed by atoms with E-state index >= 15 is 0 Å². The van der Waals surface area contributed by atoms with Crippen LogP contribution in [0, 0.1) is 0 Å². The number of hydrogen-bond donors (Lipinski definition) is 2. The Labute approximate surface area is 168 Å². The number of amides is 2. The van der Waals surface area contributed by atoms with Crippen molar-refractivity contribution in [2.45, 2.75) is 13.0 Å². The Bertz CT molecular complexity index is 944. The summed E-state index contributed by atoms with van der Waals surface area (Å²) in [6.45, 7) is 0.886. The van der Waals surface area contributed by atoms with Crippen LogP contribution in [-0.4, -0.2) is 23.3 Å². The van der Waals surface area contributed by atoms with Crippen molar-refractivity contribution in [2.75, 3.05) is 6.54 Å². The smallest absolute Gasteiger partial charge is 0.270 e. The van der Waals surface area contributed by atoms with Gasteiger partial charge < -0.3 is 10.6 Å². The van der Waals surface area contributed by atoms with E-state index in [4.69, 9.17) is 11.6 Å². The standard InChI is InChI=1S/C22H20ClN3O2/c23-19-8-6-16(7-9-19)10-12-25-21(27)18-11-13-24-20(14-18)22(28)26-15-17-4-2-1-3-5-17/h1-9,11,13-14H,10,12,15H2,(H,25,27)(H,26,28). The van der Waals surface area contributed by atoms with E-state index in [9.17, 15) is 9.59 Å². The van der Waals surface area contributed by atoms with Crippen LogP contribution in [0.5, 0.6) is 0 Å². The van der Waals surface area contributed by atoms with Gasteiger partial charge in [-0.1, -0.05) is 54.1 Å². The van der Waals surface area contributed by atoms with E-state index in [1.165, 1.54) is 12.3 Å². The van der Waals surface area contributed by atoms with Gasteiger partial charge >= 0.3 is 0 Å². The van der Waals surface area contributed by atoms with Crippen molar-refractivity contribution in [2.24, 2.45) is 0 Å². The van der Waals surface area contributed by atoms with E-state index in [0.717, 1.165) is 11.1 Å². The summed E-state index contributed by atoms with van der Waals surface area (Å²) in [4.78, 5) is 28.7. The number of rotatable bonds is 7.